The molecule has 0 aliphatic rings. The van der Waals surface area contributed by atoms with Crippen LogP contribution in [0, 0.1) is 0 Å². The molecule has 2 aromatic carbocycles. The van der Waals surface area contributed by atoms with Gasteiger partial charge in [0.15, 0.2) is 23.0 Å². The molecule has 8 heteroatoms. The number of ether oxygens (including phenoxy) is 4. The van der Waals surface area contributed by atoms with Crippen molar-refractivity contribution in [3.05, 3.63) is 45.9 Å². The molecule has 7 nitrogen and oxygen atoms in total. The van der Waals surface area contributed by atoms with Gasteiger partial charge in [0.2, 0.25) is 0 Å². The number of nitrogens with one attached hydrogen (secondary N) is 1. The van der Waals surface area contributed by atoms with E-state index >= 15 is 0 Å². The van der Waals surface area contributed by atoms with Crippen LogP contribution in [-0.4, -0.2) is 39.1 Å². The number of hydrazone groups is 1. The Morgan fingerprint density at radius 2 is 1.80 bits per heavy atom. The Kier molecular flexibility index (Phi) is 9.47. The standard InChI is InChI=1S/C22H27BrN2O5/c1-5-10-30-18-9-8-16(13-19(18)27-4)22(26)25-24-14-15-11-17(23)21(29-7-3)20(12-15)28-6-2/h8-9,11-14H,5-7,10H2,1-4H3,(H,25,26)/b24-14+. The molecule has 0 bridgehead atoms. The highest BCUT2D eigenvalue weighted by molar-refractivity contribution is 9.10. The normalized spacial score (nSPS) is 10.7. The second-order valence-electron chi connectivity index (χ2n) is 6.11. The van der Waals surface area contributed by atoms with E-state index in [1.165, 1.54) is 13.3 Å². The summed E-state index contributed by atoms with van der Waals surface area (Å²) in [6.07, 6.45) is 2.42. The van der Waals surface area contributed by atoms with Crippen molar-refractivity contribution in [3.63, 3.8) is 0 Å². The van der Waals surface area contributed by atoms with Crippen molar-refractivity contribution in [1.29, 1.82) is 0 Å². The fraction of sp³-hybridized carbons (Fsp3) is 0.364. The average molecular weight is 479 g/mol. The van der Waals surface area contributed by atoms with Gasteiger partial charge in [-0.15, -0.1) is 0 Å². The smallest absolute Gasteiger partial charge is 0.271 e. The van der Waals surface area contributed by atoms with Gasteiger partial charge in [0.25, 0.3) is 5.91 Å². The maximum Gasteiger partial charge on any atom is 0.271 e. The van der Waals surface area contributed by atoms with E-state index in [1.807, 2.05) is 26.8 Å². The lowest BCUT2D eigenvalue weighted by Gasteiger charge is -2.13. The molecule has 1 amide bonds. The van der Waals surface area contributed by atoms with E-state index in [9.17, 15) is 4.79 Å². The number of carbonyl (C=O) groups excluding carboxylic acids is 1. The van der Waals surface area contributed by atoms with Gasteiger partial charge in [0.05, 0.1) is 37.6 Å². The molecule has 0 aromatic heterocycles. The summed E-state index contributed by atoms with van der Waals surface area (Å²) in [7, 11) is 1.54. The Bertz CT molecular complexity index is 886. The van der Waals surface area contributed by atoms with E-state index in [-0.39, 0.29) is 5.91 Å². The number of nitrogens with zero attached hydrogens (tertiary/aromatic N) is 1. The zero-order valence-corrected chi connectivity index (χ0v) is 19.2. The summed E-state index contributed by atoms with van der Waals surface area (Å²) >= 11 is 3.49. The van der Waals surface area contributed by atoms with Gasteiger partial charge in [0, 0.05) is 5.56 Å². The molecule has 2 aromatic rings. The minimum atomic E-state index is -0.360. The molecule has 0 spiro atoms. The fourth-order valence-electron chi connectivity index (χ4n) is 2.58. The lowest BCUT2D eigenvalue weighted by molar-refractivity contribution is 0.0954. The summed E-state index contributed by atoms with van der Waals surface area (Å²) in [5.41, 5.74) is 3.68. The quantitative estimate of drug-likeness (QED) is 0.370. The van der Waals surface area contributed by atoms with Crippen LogP contribution in [0.3, 0.4) is 0 Å². The molecule has 0 saturated heterocycles. The Morgan fingerprint density at radius 1 is 1.03 bits per heavy atom. The van der Waals surface area contributed by atoms with E-state index in [2.05, 4.69) is 26.5 Å². The molecular formula is C22H27BrN2O5. The lowest BCUT2D eigenvalue weighted by Crippen LogP contribution is -2.17. The second-order valence-corrected chi connectivity index (χ2v) is 6.96. The first-order valence-electron chi connectivity index (χ1n) is 9.77. The van der Waals surface area contributed by atoms with Crippen LogP contribution in [0.25, 0.3) is 0 Å². The van der Waals surface area contributed by atoms with Gasteiger partial charge < -0.3 is 18.9 Å². The van der Waals surface area contributed by atoms with Crippen LogP contribution >= 0.6 is 15.9 Å². The van der Waals surface area contributed by atoms with Gasteiger partial charge in [-0.1, -0.05) is 6.92 Å². The maximum atomic E-state index is 12.4. The molecule has 0 fully saturated rings. The number of hydrogen-bond donors (Lipinski definition) is 1. The molecule has 0 aliphatic carbocycles. The van der Waals surface area contributed by atoms with Crippen molar-refractivity contribution < 1.29 is 23.7 Å². The summed E-state index contributed by atoms with van der Waals surface area (Å²) in [5, 5.41) is 4.05. The highest BCUT2D eigenvalue weighted by Gasteiger charge is 2.12. The Morgan fingerprint density at radius 3 is 2.47 bits per heavy atom. The van der Waals surface area contributed by atoms with E-state index in [0.717, 1.165) is 16.5 Å². The third-order valence-corrected chi connectivity index (χ3v) is 4.48. The summed E-state index contributed by atoms with van der Waals surface area (Å²) in [6, 6.07) is 8.64. The zero-order valence-electron chi connectivity index (χ0n) is 17.7. The zero-order chi connectivity index (χ0) is 21.9. The van der Waals surface area contributed by atoms with Gasteiger partial charge in [-0.05, 0) is 72.1 Å². The first kappa shape index (κ1) is 23.5. The topological polar surface area (TPSA) is 78.4 Å². The van der Waals surface area contributed by atoms with Gasteiger partial charge in [-0.2, -0.15) is 5.10 Å². The fourth-order valence-corrected chi connectivity index (χ4v) is 3.15. The minimum Gasteiger partial charge on any atom is -0.493 e. The predicted molar refractivity (Wildman–Crippen MR) is 120 cm³/mol. The highest BCUT2D eigenvalue weighted by atomic mass is 79.9. The first-order chi connectivity index (χ1) is 14.5. The van der Waals surface area contributed by atoms with Crippen LogP contribution < -0.4 is 24.4 Å². The number of amides is 1. The van der Waals surface area contributed by atoms with Crippen LogP contribution in [-0.2, 0) is 0 Å². The molecule has 0 atom stereocenters. The van der Waals surface area contributed by atoms with Crippen LogP contribution in [0.15, 0.2) is 39.9 Å². The molecule has 0 heterocycles. The van der Waals surface area contributed by atoms with Crippen molar-refractivity contribution in [3.8, 4) is 23.0 Å². The Balaban J connectivity index is 2.12. The lowest BCUT2D eigenvalue weighted by atomic mass is 10.2. The first-order valence-corrected chi connectivity index (χ1v) is 10.6. The van der Waals surface area contributed by atoms with Gasteiger partial charge in [-0.25, -0.2) is 5.43 Å². The molecule has 30 heavy (non-hydrogen) atoms. The number of benzene rings is 2. The monoisotopic (exact) mass is 478 g/mol. The number of carbonyl (C=O) groups is 1. The molecule has 0 radical (unpaired) electrons. The molecule has 162 valence electrons. The van der Waals surface area contributed by atoms with E-state index in [0.29, 0.717) is 48.4 Å². The second kappa shape index (κ2) is 12.1. The predicted octanol–water partition coefficient (Wildman–Crippen LogP) is 4.81. The number of halogens is 1. The number of rotatable bonds is 11. The summed E-state index contributed by atoms with van der Waals surface area (Å²) in [6.45, 7) is 7.43. The number of methoxy groups -OCH3 is 1. The van der Waals surface area contributed by atoms with E-state index in [1.54, 1.807) is 24.3 Å². The molecule has 0 saturated carbocycles. The van der Waals surface area contributed by atoms with E-state index < -0.39 is 0 Å². The molecule has 0 unspecified atom stereocenters. The number of hydrogen-bond acceptors (Lipinski definition) is 6. The van der Waals surface area contributed by atoms with Crippen LogP contribution in [0.5, 0.6) is 23.0 Å². The van der Waals surface area contributed by atoms with Gasteiger partial charge >= 0.3 is 0 Å². The largest absolute Gasteiger partial charge is 0.493 e. The van der Waals surface area contributed by atoms with Crippen LogP contribution in [0.2, 0.25) is 0 Å². The molecule has 0 aliphatic heterocycles. The Labute approximate surface area is 185 Å². The third-order valence-electron chi connectivity index (χ3n) is 3.89. The summed E-state index contributed by atoms with van der Waals surface area (Å²) in [4.78, 5) is 12.4. The molecule has 2 rings (SSSR count). The molecular weight excluding hydrogens is 452 g/mol. The van der Waals surface area contributed by atoms with Crippen molar-refractivity contribution in [2.45, 2.75) is 27.2 Å². The van der Waals surface area contributed by atoms with Crippen molar-refractivity contribution in [1.82, 2.24) is 5.43 Å². The maximum absolute atomic E-state index is 12.4. The third kappa shape index (κ3) is 6.38. The van der Waals surface area contributed by atoms with Crippen molar-refractivity contribution >= 4 is 28.1 Å². The Hall–Kier alpha value is -2.74. The van der Waals surface area contributed by atoms with Crippen molar-refractivity contribution in [2.24, 2.45) is 5.10 Å². The minimum absolute atomic E-state index is 0.360. The molecule has 1 N–H and O–H groups in total. The summed E-state index contributed by atoms with van der Waals surface area (Å²) in [5.74, 6) is 1.98. The highest BCUT2D eigenvalue weighted by Crippen LogP contribution is 2.36. The van der Waals surface area contributed by atoms with Gasteiger partial charge in [-0.3, -0.25) is 4.79 Å². The summed E-state index contributed by atoms with van der Waals surface area (Å²) < 4.78 is 22.9. The van der Waals surface area contributed by atoms with Crippen LogP contribution in [0.4, 0.5) is 0 Å². The van der Waals surface area contributed by atoms with Crippen LogP contribution in [0.1, 0.15) is 43.1 Å². The van der Waals surface area contributed by atoms with Gasteiger partial charge in [0.1, 0.15) is 0 Å². The SMILES string of the molecule is CCCOc1ccc(C(=O)N/N=C/c2cc(Br)c(OCC)c(OCC)c2)cc1OC. The van der Waals surface area contributed by atoms with Crippen molar-refractivity contribution in [2.75, 3.05) is 26.9 Å². The van der Waals surface area contributed by atoms with E-state index in [4.69, 9.17) is 18.9 Å². The average Bonchev–Trinajstić information content (AvgIpc) is 2.74.